The van der Waals surface area contributed by atoms with E-state index in [0.29, 0.717) is 19.4 Å². The van der Waals surface area contributed by atoms with Gasteiger partial charge in [-0.05, 0) is 43.4 Å². The van der Waals surface area contributed by atoms with Gasteiger partial charge in [0.25, 0.3) is 0 Å². The Balaban J connectivity index is 1.85. The largest absolute Gasteiger partial charge is 0.454 e. The Hall–Kier alpha value is -1.26. The first-order valence-electron chi connectivity index (χ1n) is 7.54. The smallest absolute Gasteiger partial charge is 0.231 e. The first-order valence-corrected chi connectivity index (χ1v) is 7.54. The van der Waals surface area contributed by atoms with Crippen LogP contribution in [0.5, 0.6) is 11.5 Å². The molecule has 3 unspecified atom stereocenters. The first-order chi connectivity index (χ1) is 9.69. The monoisotopic (exact) mass is 276 g/mol. The van der Waals surface area contributed by atoms with Crippen LogP contribution in [-0.4, -0.2) is 30.8 Å². The number of rotatable bonds is 3. The van der Waals surface area contributed by atoms with Crippen molar-refractivity contribution in [3.8, 4) is 11.5 Å². The summed E-state index contributed by atoms with van der Waals surface area (Å²) in [7, 11) is 0. The van der Waals surface area contributed by atoms with E-state index in [1.807, 2.05) is 6.07 Å². The van der Waals surface area contributed by atoms with E-state index in [1.54, 1.807) is 0 Å². The Kier molecular flexibility index (Phi) is 3.85. The third-order valence-electron chi connectivity index (χ3n) is 4.57. The normalized spacial score (nSPS) is 27.6. The number of likely N-dealkylation sites (tertiary alicyclic amines) is 1. The van der Waals surface area contributed by atoms with Crippen LogP contribution < -0.4 is 15.2 Å². The molecular formula is C16H24N2O2. The molecule has 3 rings (SSSR count). The third kappa shape index (κ3) is 2.50. The maximum Gasteiger partial charge on any atom is 0.231 e. The van der Waals surface area contributed by atoms with Crippen LogP contribution in [0.25, 0.3) is 0 Å². The van der Waals surface area contributed by atoms with Gasteiger partial charge in [-0.15, -0.1) is 0 Å². The summed E-state index contributed by atoms with van der Waals surface area (Å²) >= 11 is 0. The van der Waals surface area contributed by atoms with E-state index in [-0.39, 0.29) is 6.04 Å². The molecule has 20 heavy (non-hydrogen) atoms. The minimum Gasteiger partial charge on any atom is -0.454 e. The lowest BCUT2D eigenvalue weighted by atomic mass is 9.91. The van der Waals surface area contributed by atoms with Crippen molar-refractivity contribution in [1.82, 2.24) is 4.90 Å². The molecule has 0 aliphatic carbocycles. The van der Waals surface area contributed by atoms with Crippen LogP contribution in [0.1, 0.15) is 38.3 Å². The Morgan fingerprint density at radius 2 is 2.05 bits per heavy atom. The van der Waals surface area contributed by atoms with Gasteiger partial charge in [0.1, 0.15) is 0 Å². The van der Waals surface area contributed by atoms with Crippen molar-refractivity contribution in [2.24, 2.45) is 11.7 Å². The molecule has 4 heteroatoms. The zero-order valence-electron chi connectivity index (χ0n) is 12.3. The highest BCUT2D eigenvalue weighted by atomic mass is 16.7. The van der Waals surface area contributed by atoms with Crippen LogP contribution in [0.15, 0.2) is 18.2 Å². The van der Waals surface area contributed by atoms with Crippen molar-refractivity contribution in [1.29, 1.82) is 0 Å². The van der Waals surface area contributed by atoms with Gasteiger partial charge < -0.3 is 15.2 Å². The van der Waals surface area contributed by atoms with E-state index in [1.165, 1.54) is 18.4 Å². The number of hydrogen-bond acceptors (Lipinski definition) is 4. The fraction of sp³-hybridized carbons (Fsp3) is 0.625. The number of nitrogens with zero attached hydrogens (tertiary/aromatic N) is 1. The van der Waals surface area contributed by atoms with Gasteiger partial charge in [0, 0.05) is 25.2 Å². The summed E-state index contributed by atoms with van der Waals surface area (Å²) in [5, 5.41) is 0. The highest BCUT2D eigenvalue weighted by Crippen LogP contribution is 2.37. The average molecular weight is 276 g/mol. The molecule has 110 valence electrons. The Labute approximate surface area is 120 Å². The second kappa shape index (κ2) is 5.62. The molecule has 2 heterocycles. The average Bonchev–Trinajstić information content (AvgIpc) is 2.91. The predicted octanol–water partition coefficient (Wildman–Crippen LogP) is 2.54. The molecule has 2 aliphatic rings. The number of benzene rings is 1. The van der Waals surface area contributed by atoms with Gasteiger partial charge in [-0.3, -0.25) is 4.90 Å². The first kappa shape index (κ1) is 13.7. The van der Waals surface area contributed by atoms with Crippen molar-refractivity contribution in [3.63, 3.8) is 0 Å². The number of ether oxygens (including phenoxy) is 2. The standard InChI is InChI=1S/C16H24N2O2/c1-11-3-4-12(2)18(9-11)14(8-17)13-5-6-15-16(7-13)20-10-19-15/h5-7,11-12,14H,3-4,8-10,17H2,1-2H3. The summed E-state index contributed by atoms with van der Waals surface area (Å²) in [6, 6.07) is 7.06. The maximum absolute atomic E-state index is 6.07. The molecule has 1 aromatic rings. The van der Waals surface area contributed by atoms with Crippen LogP contribution >= 0.6 is 0 Å². The molecule has 3 atom stereocenters. The molecular weight excluding hydrogens is 252 g/mol. The van der Waals surface area contributed by atoms with Crippen LogP contribution in [-0.2, 0) is 0 Å². The van der Waals surface area contributed by atoms with Gasteiger partial charge in [-0.25, -0.2) is 0 Å². The van der Waals surface area contributed by atoms with Gasteiger partial charge in [0.15, 0.2) is 11.5 Å². The summed E-state index contributed by atoms with van der Waals surface area (Å²) in [5.41, 5.74) is 7.31. The predicted molar refractivity (Wildman–Crippen MR) is 78.9 cm³/mol. The number of hydrogen-bond donors (Lipinski definition) is 1. The molecule has 0 amide bonds. The van der Waals surface area contributed by atoms with Crippen molar-refractivity contribution in [3.05, 3.63) is 23.8 Å². The highest BCUT2D eigenvalue weighted by molar-refractivity contribution is 5.45. The van der Waals surface area contributed by atoms with Crippen LogP contribution in [0, 0.1) is 5.92 Å². The van der Waals surface area contributed by atoms with Gasteiger partial charge in [-0.2, -0.15) is 0 Å². The number of fused-ring (bicyclic) bond motifs is 1. The Bertz CT molecular complexity index is 478. The van der Waals surface area contributed by atoms with Crippen molar-refractivity contribution in [2.75, 3.05) is 19.9 Å². The minimum absolute atomic E-state index is 0.266. The van der Waals surface area contributed by atoms with Crippen LogP contribution in [0.3, 0.4) is 0 Å². The summed E-state index contributed by atoms with van der Waals surface area (Å²) in [4.78, 5) is 2.55. The SMILES string of the molecule is CC1CCC(C)N(C(CN)c2ccc3c(c2)OCO3)C1. The maximum atomic E-state index is 6.07. The molecule has 1 aromatic carbocycles. The van der Waals surface area contributed by atoms with Gasteiger partial charge >= 0.3 is 0 Å². The lowest BCUT2D eigenvalue weighted by molar-refractivity contribution is 0.0797. The van der Waals surface area contributed by atoms with E-state index in [9.17, 15) is 0 Å². The van der Waals surface area contributed by atoms with Crippen LogP contribution in [0.2, 0.25) is 0 Å². The molecule has 2 N–H and O–H groups in total. The van der Waals surface area contributed by atoms with E-state index in [2.05, 4.69) is 30.9 Å². The van der Waals surface area contributed by atoms with Crippen molar-refractivity contribution in [2.45, 2.75) is 38.8 Å². The van der Waals surface area contributed by atoms with E-state index >= 15 is 0 Å². The van der Waals surface area contributed by atoms with Crippen molar-refractivity contribution < 1.29 is 9.47 Å². The van der Waals surface area contributed by atoms with E-state index < -0.39 is 0 Å². The molecule has 1 saturated heterocycles. The van der Waals surface area contributed by atoms with Crippen LogP contribution in [0.4, 0.5) is 0 Å². The molecule has 0 radical (unpaired) electrons. The zero-order chi connectivity index (χ0) is 14.1. The number of nitrogens with two attached hydrogens (primary N) is 1. The molecule has 4 nitrogen and oxygen atoms in total. The molecule has 2 aliphatic heterocycles. The van der Waals surface area contributed by atoms with Gasteiger partial charge in [0.2, 0.25) is 6.79 Å². The molecule has 0 saturated carbocycles. The number of piperidine rings is 1. The second-order valence-corrected chi connectivity index (χ2v) is 6.09. The lowest BCUT2D eigenvalue weighted by Crippen LogP contribution is -2.45. The quantitative estimate of drug-likeness (QED) is 0.921. The van der Waals surface area contributed by atoms with E-state index in [4.69, 9.17) is 15.2 Å². The zero-order valence-corrected chi connectivity index (χ0v) is 12.3. The summed E-state index contributed by atoms with van der Waals surface area (Å²) in [6.45, 7) is 6.71. The fourth-order valence-corrected chi connectivity index (χ4v) is 3.34. The molecule has 1 fully saturated rings. The van der Waals surface area contributed by atoms with Gasteiger partial charge in [0.05, 0.1) is 0 Å². The molecule has 0 bridgehead atoms. The highest BCUT2D eigenvalue weighted by Gasteiger charge is 2.30. The fourth-order valence-electron chi connectivity index (χ4n) is 3.34. The molecule has 0 aromatic heterocycles. The van der Waals surface area contributed by atoms with Gasteiger partial charge in [-0.1, -0.05) is 13.0 Å². The minimum atomic E-state index is 0.266. The van der Waals surface area contributed by atoms with E-state index in [0.717, 1.165) is 24.0 Å². The topological polar surface area (TPSA) is 47.7 Å². The summed E-state index contributed by atoms with van der Waals surface area (Å²) in [6.07, 6.45) is 2.57. The third-order valence-corrected chi connectivity index (χ3v) is 4.57. The Morgan fingerprint density at radius 1 is 1.25 bits per heavy atom. The molecule has 0 spiro atoms. The summed E-state index contributed by atoms with van der Waals surface area (Å²) in [5.74, 6) is 2.43. The van der Waals surface area contributed by atoms with Crippen molar-refractivity contribution >= 4 is 0 Å². The summed E-state index contributed by atoms with van der Waals surface area (Å²) < 4.78 is 10.9. The second-order valence-electron chi connectivity index (χ2n) is 6.09. The lowest BCUT2D eigenvalue weighted by Gasteiger charge is -2.42. The Morgan fingerprint density at radius 3 is 2.85 bits per heavy atom.